The smallest absolute Gasteiger partial charge is 0.265 e. The molecule has 0 saturated heterocycles. The van der Waals surface area contributed by atoms with Crippen LogP contribution in [0.25, 0.3) is 11.3 Å². The van der Waals surface area contributed by atoms with Crippen LogP contribution in [0.15, 0.2) is 61.1 Å². The van der Waals surface area contributed by atoms with Gasteiger partial charge < -0.3 is 5.32 Å². The summed E-state index contributed by atoms with van der Waals surface area (Å²) in [5.74, 6) is 5.23. The average Bonchev–Trinajstić information content (AvgIpc) is 2.63. The van der Waals surface area contributed by atoms with Crippen LogP contribution in [-0.2, 0) is 0 Å². The monoisotopic (exact) mass is 306 g/mol. The van der Waals surface area contributed by atoms with E-state index in [0.29, 0.717) is 11.5 Å². The third kappa shape index (κ3) is 3.47. The van der Waals surface area contributed by atoms with Crippen molar-refractivity contribution in [1.29, 1.82) is 0 Å². The molecule has 0 aliphatic heterocycles. The highest BCUT2D eigenvalue weighted by Gasteiger charge is 2.05. The Kier molecular flexibility index (Phi) is 4.21. The summed E-state index contributed by atoms with van der Waals surface area (Å²) >= 11 is 0. The zero-order valence-electron chi connectivity index (χ0n) is 12.1. The maximum absolute atomic E-state index is 11.4. The summed E-state index contributed by atoms with van der Waals surface area (Å²) in [5.41, 5.74) is 5.09. The number of carbonyl (C=O) groups excluding carboxylic acids is 1. The van der Waals surface area contributed by atoms with Gasteiger partial charge in [-0.05, 0) is 42.5 Å². The number of pyridine rings is 1. The molecule has 0 aliphatic carbocycles. The topological polar surface area (TPSA) is 106 Å². The van der Waals surface area contributed by atoms with Gasteiger partial charge in [-0.3, -0.25) is 15.2 Å². The zero-order valence-corrected chi connectivity index (χ0v) is 12.1. The van der Waals surface area contributed by atoms with Crippen molar-refractivity contribution in [2.45, 2.75) is 0 Å². The lowest BCUT2D eigenvalue weighted by atomic mass is 10.2. The molecule has 0 aliphatic rings. The van der Waals surface area contributed by atoms with Crippen molar-refractivity contribution >= 4 is 17.5 Å². The molecule has 23 heavy (non-hydrogen) atoms. The first kappa shape index (κ1) is 14.6. The predicted molar refractivity (Wildman–Crippen MR) is 86.6 cm³/mol. The maximum Gasteiger partial charge on any atom is 0.265 e. The van der Waals surface area contributed by atoms with Crippen molar-refractivity contribution in [3.8, 4) is 11.3 Å². The Morgan fingerprint density at radius 2 is 1.70 bits per heavy atom. The minimum Gasteiger partial charge on any atom is -0.324 e. The number of carbonyl (C=O) groups is 1. The number of hydrogen-bond donors (Lipinski definition) is 3. The second kappa shape index (κ2) is 6.63. The highest BCUT2D eigenvalue weighted by molar-refractivity contribution is 5.94. The molecule has 0 saturated carbocycles. The molecule has 2 aromatic heterocycles. The highest BCUT2D eigenvalue weighted by Crippen LogP contribution is 2.19. The summed E-state index contributed by atoms with van der Waals surface area (Å²) < 4.78 is 0. The Labute approximate surface area is 132 Å². The van der Waals surface area contributed by atoms with E-state index >= 15 is 0 Å². The van der Waals surface area contributed by atoms with E-state index in [0.717, 1.165) is 16.9 Å². The van der Waals surface area contributed by atoms with E-state index in [9.17, 15) is 4.79 Å². The van der Waals surface area contributed by atoms with Crippen LogP contribution in [0.3, 0.4) is 0 Å². The fourth-order valence-corrected chi connectivity index (χ4v) is 2.02. The van der Waals surface area contributed by atoms with Gasteiger partial charge in [0.05, 0.1) is 5.69 Å². The van der Waals surface area contributed by atoms with Gasteiger partial charge in [0.15, 0.2) is 0 Å². The van der Waals surface area contributed by atoms with Crippen molar-refractivity contribution < 1.29 is 4.79 Å². The fraction of sp³-hybridized carbons (Fsp3) is 0. The molecule has 1 aromatic carbocycles. The molecule has 7 heteroatoms. The molecule has 2 heterocycles. The third-order valence-corrected chi connectivity index (χ3v) is 3.17. The van der Waals surface area contributed by atoms with Crippen molar-refractivity contribution in [1.82, 2.24) is 20.4 Å². The van der Waals surface area contributed by atoms with Crippen LogP contribution in [0.1, 0.15) is 10.4 Å². The molecule has 3 aromatic rings. The number of nitrogen functional groups attached to an aromatic ring is 1. The molecule has 0 bridgehead atoms. The Balaban J connectivity index is 1.79. The molecular weight excluding hydrogens is 292 g/mol. The molecule has 0 fully saturated rings. The van der Waals surface area contributed by atoms with Gasteiger partial charge in [0, 0.05) is 35.4 Å². The molecule has 4 N–H and O–H groups in total. The first-order valence-corrected chi connectivity index (χ1v) is 6.88. The van der Waals surface area contributed by atoms with E-state index in [2.05, 4.69) is 25.7 Å². The van der Waals surface area contributed by atoms with Gasteiger partial charge in [-0.25, -0.2) is 15.8 Å². The number of amides is 1. The number of nitrogens with one attached hydrogen (secondary N) is 2. The van der Waals surface area contributed by atoms with Gasteiger partial charge in [0.25, 0.3) is 5.91 Å². The molecule has 0 radical (unpaired) electrons. The van der Waals surface area contributed by atoms with Gasteiger partial charge in [-0.15, -0.1) is 0 Å². The summed E-state index contributed by atoms with van der Waals surface area (Å²) in [6, 6.07) is 12.4. The van der Waals surface area contributed by atoms with Gasteiger partial charge in [0.1, 0.15) is 0 Å². The quantitative estimate of drug-likeness (QED) is 0.386. The summed E-state index contributed by atoms with van der Waals surface area (Å²) in [7, 11) is 0. The fourth-order valence-electron chi connectivity index (χ4n) is 2.02. The lowest BCUT2D eigenvalue weighted by Gasteiger charge is -2.07. The van der Waals surface area contributed by atoms with Crippen LogP contribution >= 0.6 is 0 Å². The number of benzene rings is 1. The summed E-state index contributed by atoms with van der Waals surface area (Å²) in [5, 5.41) is 3.10. The Morgan fingerprint density at radius 1 is 0.957 bits per heavy atom. The van der Waals surface area contributed by atoms with E-state index in [1.807, 2.05) is 18.2 Å². The van der Waals surface area contributed by atoms with Gasteiger partial charge in [-0.2, -0.15) is 0 Å². The minimum absolute atomic E-state index is 0.340. The van der Waals surface area contributed by atoms with Crippen LogP contribution in [0, 0.1) is 0 Å². The minimum atomic E-state index is -0.340. The Morgan fingerprint density at radius 3 is 2.39 bits per heavy atom. The predicted octanol–water partition coefficient (Wildman–Crippen LogP) is 1.89. The van der Waals surface area contributed by atoms with Gasteiger partial charge in [0.2, 0.25) is 5.95 Å². The Hall–Kier alpha value is -3.32. The standard InChI is InChI=1S/C16H14N6O/c17-22-15(23)12-1-3-13(4-2-12)20-16-19-10-7-14(21-16)11-5-8-18-9-6-11/h1-10H,17H2,(H,22,23)(H,19,20,21). The van der Waals surface area contributed by atoms with Crippen LogP contribution in [-0.4, -0.2) is 20.9 Å². The number of nitrogens with two attached hydrogens (primary N) is 1. The zero-order chi connectivity index (χ0) is 16.1. The molecule has 1 amide bonds. The number of hydrazine groups is 1. The average molecular weight is 306 g/mol. The Bertz CT molecular complexity index is 804. The normalized spacial score (nSPS) is 10.1. The summed E-state index contributed by atoms with van der Waals surface area (Å²) in [6.45, 7) is 0. The van der Waals surface area contributed by atoms with Crippen molar-refractivity contribution in [2.24, 2.45) is 5.84 Å². The van der Waals surface area contributed by atoms with E-state index in [4.69, 9.17) is 5.84 Å². The second-order valence-electron chi connectivity index (χ2n) is 4.68. The lowest BCUT2D eigenvalue weighted by Crippen LogP contribution is -2.29. The van der Waals surface area contributed by atoms with Crippen molar-refractivity contribution in [3.63, 3.8) is 0 Å². The maximum atomic E-state index is 11.4. The van der Waals surface area contributed by atoms with E-state index in [1.54, 1.807) is 42.9 Å². The number of rotatable bonds is 4. The molecule has 0 unspecified atom stereocenters. The molecule has 3 rings (SSSR count). The number of nitrogens with zero attached hydrogens (tertiary/aromatic N) is 3. The van der Waals surface area contributed by atoms with Crippen molar-refractivity contribution in [2.75, 3.05) is 5.32 Å². The van der Waals surface area contributed by atoms with E-state index < -0.39 is 0 Å². The molecule has 0 spiro atoms. The van der Waals surface area contributed by atoms with Crippen LogP contribution in [0.5, 0.6) is 0 Å². The second-order valence-corrected chi connectivity index (χ2v) is 4.68. The van der Waals surface area contributed by atoms with Crippen LogP contribution in [0.4, 0.5) is 11.6 Å². The third-order valence-electron chi connectivity index (χ3n) is 3.17. The summed E-state index contributed by atoms with van der Waals surface area (Å²) in [6.07, 6.45) is 5.11. The van der Waals surface area contributed by atoms with E-state index in [-0.39, 0.29) is 5.91 Å². The largest absolute Gasteiger partial charge is 0.324 e. The molecule has 7 nitrogen and oxygen atoms in total. The van der Waals surface area contributed by atoms with Crippen LogP contribution < -0.4 is 16.6 Å². The summed E-state index contributed by atoms with van der Waals surface area (Å²) in [4.78, 5) is 24.0. The number of anilines is 2. The first-order valence-electron chi connectivity index (χ1n) is 6.88. The molecular formula is C16H14N6O. The van der Waals surface area contributed by atoms with Gasteiger partial charge in [-0.1, -0.05) is 0 Å². The first-order chi connectivity index (χ1) is 11.3. The number of hydrogen-bond acceptors (Lipinski definition) is 6. The van der Waals surface area contributed by atoms with E-state index in [1.165, 1.54) is 0 Å². The highest BCUT2D eigenvalue weighted by atomic mass is 16.2. The van der Waals surface area contributed by atoms with Crippen LogP contribution in [0.2, 0.25) is 0 Å². The molecule has 114 valence electrons. The number of aromatic nitrogens is 3. The molecule has 0 atom stereocenters. The SMILES string of the molecule is NNC(=O)c1ccc(Nc2nccc(-c3ccncc3)n2)cc1. The van der Waals surface area contributed by atoms with Gasteiger partial charge >= 0.3 is 0 Å². The lowest BCUT2D eigenvalue weighted by molar-refractivity contribution is 0.0953. The van der Waals surface area contributed by atoms with Crippen molar-refractivity contribution in [3.05, 3.63) is 66.6 Å².